The number of ether oxygens (including phenoxy) is 1. The van der Waals surface area contributed by atoms with Gasteiger partial charge in [0.25, 0.3) is 5.91 Å². The highest BCUT2D eigenvalue weighted by molar-refractivity contribution is 7.80. The molecule has 0 aliphatic carbocycles. The molecule has 2 rings (SSSR count). The first kappa shape index (κ1) is 17.2. The Bertz CT molecular complexity index is 734. The maximum absolute atomic E-state index is 11.9. The van der Waals surface area contributed by atoms with Gasteiger partial charge in [0.1, 0.15) is 5.75 Å². The van der Waals surface area contributed by atoms with Crippen molar-refractivity contribution in [2.24, 2.45) is 0 Å². The number of aryl methyl sites for hydroxylation is 1. The lowest BCUT2D eigenvalue weighted by Crippen LogP contribution is -2.37. The fourth-order valence-electron chi connectivity index (χ4n) is 1.91. The average molecular weight is 349 g/mol. The van der Waals surface area contributed by atoms with E-state index in [0.29, 0.717) is 10.8 Å². The summed E-state index contributed by atoms with van der Waals surface area (Å²) in [6.45, 7) is 3.72. The van der Waals surface area contributed by atoms with Crippen LogP contribution in [0, 0.1) is 13.8 Å². The van der Waals surface area contributed by atoms with Crippen LogP contribution < -0.4 is 15.4 Å². The Labute approximate surface area is 145 Å². The summed E-state index contributed by atoms with van der Waals surface area (Å²) in [5.74, 6) is 0.313. The zero-order valence-corrected chi connectivity index (χ0v) is 14.4. The number of amides is 1. The molecule has 0 aliphatic heterocycles. The molecule has 0 atom stereocenters. The van der Waals surface area contributed by atoms with Gasteiger partial charge in [-0.3, -0.25) is 10.1 Å². The van der Waals surface area contributed by atoms with Crippen molar-refractivity contribution in [3.05, 3.63) is 58.6 Å². The molecule has 0 aliphatic rings. The maximum atomic E-state index is 11.9. The lowest BCUT2D eigenvalue weighted by Gasteiger charge is -2.13. The smallest absolute Gasteiger partial charge is 0.264 e. The molecule has 0 bridgehead atoms. The molecule has 0 saturated carbocycles. The minimum absolute atomic E-state index is 0.111. The Morgan fingerprint density at radius 1 is 1.22 bits per heavy atom. The Kier molecular flexibility index (Phi) is 5.96. The van der Waals surface area contributed by atoms with Crippen LogP contribution >= 0.6 is 23.8 Å². The minimum Gasteiger partial charge on any atom is -0.484 e. The number of benzene rings is 2. The van der Waals surface area contributed by atoms with Crippen LogP contribution in [0.5, 0.6) is 5.75 Å². The summed E-state index contributed by atoms with van der Waals surface area (Å²) < 4.78 is 5.42. The molecular weight excluding hydrogens is 332 g/mol. The normalized spacial score (nSPS) is 10.0. The molecule has 2 N–H and O–H groups in total. The molecule has 4 nitrogen and oxygen atoms in total. The Balaban J connectivity index is 1.85. The van der Waals surface area contributed by atoms with Crippen molar-refractivity contribution < 1.29 is 9.53 Å². The van der Waals surface area contributed by atoms with Gasteiger partial charge in [0.05, 0.1) is 0 Å². The molecule has 0 spiro atoms. The Hall–Kier alpha value is -2.11. The second-order valence-electron chi connectivity index (χ2n) is 5.02. The second kappa shape index (κ2) is 7.94. The highest BCUT2D eigenvalue weighted by Gasteiger charge is 2.08. The molecule has 1 amide bonds. The topological polar surface area (TPSA) is 50.4 Å². The maximum Gasteiger partial charge on any atom is 0.264 e. The molecule has 0 fully saturated rings. The number of nitrogens with one attached hydrogen (secondary N) is 2. The van der Waals surface area contributed by atoms with E-state index in [0.717, 1.165) is 16.8 Å². The van der Waals surface area contributed by atoms with Crippen LogP contribution in [0.2, 0.25) is 5.02 Å². The minimum atomic E-state index is -0.330. The lowest BCUT2D eigenvalue weighted by atomic mass is 10.2. The molecule has 23 heavy (non-hydrogen) atoms. The summed E-state index contributed by atoms with van der Waals surface area (Å²) in [7, 11) is 0. The molecule has 6 heteroatoms. The summed E-state index contributed by atoms with van der Waals surface area (Å²) in [4.78, 5) is 11.9. The molecule has 0 unspecified atom stereocenters. The van der Waals surface area contributed by atoms with Crippen molar-refractivity contribution in [1.29, 1.82) is 0 Å². The number of anilines is 1. The van der Waals surface area contributed by atoms with Crippen molar-refractivity contribution in [3.63, 3.8) is 0 Å². The first-order valence-electron chi connectivity index (χ1n) is 7.01. The summed E-state index contributed by atoms with van der Waals surface area (Å²) in [5, 5.41) is 6.36. The zero-order valence-electron chi connectivity index (χ0n) is 12.9. The van der Waals surface area contributed by atoms with E-state index in [9.17, 15) is 4.79 Å². The monoisotopic (exact) mass is 348 g/mol. The van der Waals surface area contributed by atoms with Gasteiger partial charge in [0.2, 0.25) is 0 Å². The second-order valence-corrected chi connectivity index (χ2v) is 5.84. The number of thiocarbonyl (C=S) groups is 1. The highest BCUT2D eigenvalue weighted by Crippen LogP contribution is 2.22. The van der Waals surface area contributed by atoms with Crippen LogP contribution in [0.3, 0.4) is 0 Å². The molecule has 0 radical (unpaired) electrons. The van der Waals surface area contributed by atoms with Gasteiger partial charge in [-0.15, -0.1) is 0 Å². The van der Waals surface area contributed by atoms with Crippen molar-refractivity contribution in [2.45, 2.75) is 13.8 Å². The molecule has 0 aromatic heterocycles. The lowest BCUT2D eigenvalue weighted by molar-refractivity contribution is -0.121. The SMILES string of the molecule is Cc1cccc(OCC(=O)NC(=S)Nc2cccc(Cl)c2C)c1. The van der Waals surface area contributed by atoms with Crippen LogP contribution in [0.25, 0.3) is 0 Å². The standard InChI is InChI=1S/C17H17ClN2O2S/c1-11-5-3-6-13(9-11)22-10-16(21)20-17(23)19-15-8-4-7-14(18)12(15)2/h3-9H,10H2,1-2H3,(H2,19,20,21,23). The van der Waals surface area contributed by atoms with Gasteiger partial charge >= 0.3 is 0 Å². The third-order valence-electron chi connectivity index (χ3n) is 3.13. The number of carbonyl (C=O) groups is 1. The van der Waals surface area contributed by atoms with E-state index in [1.54, 1.807) is 12.1 Å². The van der Waals surface area contributed by atoms with E-state index in [4.69, 9.17) is 28.6 Å². The molecular formula is C17H17ClN2O2S. The van der Waals surface area contributed by atoms with E-state index in [1.165, 1.54) is 0 Å². The van der Waals surface area contributed by atoms with Crippen molar-refractivity contribution in [3.8, 4) is 5.75 Å². The third kappa shape index (κ3) is 5.23. The van der Waals surface area contributed by atoms with Crippen molar-refractivity contribution >= 4 is 40.5 Å². The van der Waals surface area contributed by atoms with E-state index in [-0.39, 0.29) is 17.6 Å². The summed E-state index contributed by atoms with van der Waals surface area (Å²) in [5.41, 5.74) is 2.68. The fraction of sp³-hybridized carbons (Fsp3) is 0.176. The quantitative estimate of drug-likeness (QED) is 0.824. The number of rotatable bonds is 4. The first-order chi connectivity index (χ1) is 11.0. The summed E-state index contributed by atoms with van der Waals surface area (Å²) in [6.07, 6.45) is 0. The predicted octanol–water partition coefficient (Wildman–Crippen LogP) is 3.85. The summed E-state index contributed by atoms with van der Waals surface area (Å²) in [6, 6.07) is 12.9. The van der Waals surface area contributed by atoms with Gasteiger partial charge in [0, 0.05) is 10.7 Å². The number of carbonyl (C=O) groups excluding carboxylic acids is 1. The van der Waals surface area contributed by atoms with Crippen LogP contribution in [0.1, 0.15) is 11.1 Å². The average Bonchev–Trinajstić information content (AvgIpc) is 2.50. The number of halogens is 1. The largest absolute Gasteiger partial charge is 0.484 e. The van der Waals surface area contributed by atoms with E-state index >= 15 is 0 Å². The highest BCUT2D eigenvalue weighted by atomic mass is 35.5. The van der Waals surface area contributed by atoms with E-state index in [1.807, 2.05) is 44.2 Å². The predicted molar refractivity (Wildman–Crippen MR) is 97.2 cm³/mol. The van der Waals surface area contributed by atoms with Crippen molar-refractivity contribution in [1.82, 2.24) is 5.32 Å². The molecule has 2 aromatic rings. The number of hydrogen-bond acceptors (Lipinski definition) is 3. The number of hydrogen-bond donors (Lipinski definition) is 2. The van der Waals surface area contributed by atoms with Gasteiger partial charge in [-0.25, -0.2) is 0 Å². The molecule has 120 valence electrons. The summed E-state index contributed by atoms with van der Waals surface area (Å²) >= 11 is 11.2. The Morgan fingerprint density at radius 3 is 2.70 bits per heavy atom. The van der Waals surface area contributed by atoms with Gasteiger partial charge in [-0.05, 0) is 61.5 Å². The Morgan fingerprint density at radius 2 is 1.96 bits per heavy atom. The van der Waals surface area contributed by atoms with Gasteiger partial charge < -0.3 is 10.1 Å². The van der Waals surface area contributed by atoms with Crippen LogP contribution in [0.4, 0.5) is 5.69 Å². The van der Waals surface area contributed by atoms with Crippen LogP contribution in [-0.2, 0) is 4.79 Å². The van der Waals surface area contributed by atoms with Gasteiger partial charge in [-0.2, -0.15) is 0 Å². The van der Waals surface area contributed by atoms with Gasteiger partial charge in [-0.1, -0.05) is 29.8 Å². The van der Waals surface area contributed by atoms with E-state index in [2.05, 4.69) is 10.6 Å². The van der Waals surface area contributed by atoms with Crippen molar-refractivity contribution in [2.75, 3.05) is 11.9 Å². The van der Waals surface area contributed by atoms with Gasteiger partial charge in [0.15, 0.2) is 11.7 Å². The van der Waals surface area contributed by atoms with Crippen LogP contribution in [-0.4, -0.2) is 17.6 Å². The fourth-order valence-corrected chi connectivity index (χ4v) is 2.31. The van der Waals surface area contributed by atoms with E-state index < -0.39 is 0 Å². The third-order valence-corrected chi connectivity index (χ3v) is 3.74. The first-order valence-corrected chi connectivity index (χ1v) is 7.80. The molecule has 0 saturated heterocycles. The van der Waals surface area contributed by atoms with Crippen LogP contribution in [0.15, 0.2) is 42.5 Å². The zero-order chi connectivity index (χ0) is 16.8. The molecule has 2 aromatic carbocycles. The molecule has 0 heterocycles.